The molecule has 0 bridgehead atoms. The summed E-state index contributed by atoms with van der Waals surface area (Å²) in [5.41, 5.74) is 2.39. The third-order valence-corrected chi connectivity index (χ3v) is 7.22. The van der Waals surface area contributed by atoms with Crippen LogP contribution in [0.5, 0.6) is 5.75 Å². The molecule has 7 nitrogen and oxygen atoms in total. The van der Waals surface area contributed by atoms with Gasteiger partial charge in [-0.05, 0) is 43.5 Å². The zero-order valence-electron chi connectivity index (χ0n) is 18.3. The first-order chi connectivity index (χ1) is 15.5. The summed E-state index contributed by atoms with van der Waals surface area (Å²) in [5.74, 6) is 0.619. The van der Waals surface area contributed by atoms with Gasteiger partial charge in [-0.25, -0.2) is 4.68 Å². The number of aryl methyl sites for hydroxylation is 1. The highest BCUT2D eigenvalue weighted by molar-refractivity contribution is 7.20. The number of thiophene rings is 1. The van der Waals surface area contributed by atoms with Crippen LogP contribution in [-0.2, 0) is 17.9 Å². The number of amides is 1. The predicted octanol–water partition coefficient (Wildman–Crippen LogP) is 3.84. The lowest BCUT2D eigenvalue weighted by molar-refractivity contribution is -0.122. The normalized spacial score (nSPS) is 14.4. The van der Waals surface area contributed by atoms with Crippen molar-refractivity contribution in [3.05, 3.63) is 57.3 Å². The van der Waals surface area contributed by atoms with Crippen molar-refractivity contribution in [2.75, 3.05) is 7.11 Å². The fourth-order valence-electron chi connectivity index (χ4n) is 4.63. The van der Waals surface area contributed by atoms with Gasteiger partial charge in [-0.1, -0.05) is 25.0 Å². The molecular weight excluding hydrogens is 424 g/mol. The van der Waals surface area contributed by atoms with Crippen LogP contribution in [-0.4, -0.2) is 33.4 Å². The number of nitrogens with zero attached hydrogens (tertiary/aromatic N) is 3. The van der Waals surface area contributed by atoms with Crippen LogP contribution in [0.1, 0.15) is 36.1 Å². The number of methoxy groups -OCH3 is 1. The van der Waals surface area contributed by atoms with Gasteiger partial charge in [-0.3, -0.25) is 9.59 Å². The van der Waals surface area contributed by atoms with Crippen molar-refractivity contribution in [1.82, 2.24) is 19.7 Å². The summed E-state index contributed by atoms with van der Waals surface area (Å²) < 4.78 is 9.74. The molecule has 1 fully saturated rings. The van der Waals surface area contributed by atoms with Gasteiger partial charge in [0.15, 0.2) is 0 Å². The average Bonchev–Trinajstić information content (AvgIpc) is 3.48. The molecule has 0 spiro atoms. The van der Waals surface area contributed by atoms with E-state index in [4.69, 9.17) is 4.74 Å². The molecule has 3 aromatic heterocycles. The maximum atomic E-state index is 13.5. The van der Waals surface area contributed by atoms with Crippen LogP contribution in [0.4, 0.5) is 0 Å². The lowest BCUT2D eigenvalue weighted by Crippen LogP contribution is -2.38. The topological polar surface area (TPSA) is 78.2 Å². The zero-order chi connectivity index (χ0) is 22.2. The van der Waals surface area contributed by atoms with E-state index in [2.05, 4.69) is 23.4 Å². The lowest BCUT2D eigenvalue weighted by atomic mass is 10.2. The first-order valence-corrected chi connectivity index (χ1v) is 11.8. The third-order valence-electron chi connectivity index (χ3n) is 6.15. The van der Waals surface area contributed by atoms with Gasteiger partial charge in [-0.2, -0.15) is 5.10 Å². The number of nitrogens with one attached hydrogen (secondary N) is 1. The van der Waals surface area contributed by atoms with Crippen molar-refractivity contribution in [2.45, 2.75) is 51.7 Å². The number of aromatic nitrogens is 3. The van der Waals surface area contributed by atoms with Gasteiger partial charge in [-0.15, -0.1) is 11.3 Å². The number of hydrogen-bond donors (Lipinski definition) is 1. The fraction of sp³-hybridized carbons (Fsp3) is 0.375. The van der Waals surface area contributed by atoms with Crippen LogP contribution in [0.3, 0.4) is 0 Å². The molecule has 1 N–H and O–H groups in total. The van der Waals surface area contributed by atoms with Crippen molar-refractivity contribution in [3.63, 3.8) is 0 Å². The molecule has 0 saturated heterocycles. The Morgan fingerprint density at radius 1 is 1.28 bits per heavy atom. The quantitative estimate of drug-likeness (QED) is 0.484. The fourth-order valence-corrected chi connectivity index (χ4v) is 5.66. The minimum absolute atomic E-state index is 0.0672. The largest absolute Gasteiger partial charge is 0.497 e. The highest BCUT2D eigenvalue weighted by Crippen LogP contribution is 2.34. The van der Waals surface area contributed by atoms with Crippen molar-refractivity contribution >= 4 is 38.4 Å². The molecule has 0 unspecified atom stereocenters. The molecule has 8 heteroatoms. The number of carbonyl (C=O) groups is 1. The van der Waals surface area contributed by atoms with E-state index in [0.717, 1.165) is 52.6 Å². The van der Waals surface area contributed by atoms with Gasteiger partial charge >= 0.3 is 0 Å². The van der Waals surface area contributed by atoms with Crippen LogP contribution in [0, 0.1) is 6.92 Å². The molecular formula is C24H26N4O3S. The molecule has 0 aliphatic heterocycles. The van der Waals surface area contributed by atoms with E-state index in [0.29, 0.717) is 12.1 Å². The number of carbonyl (C=O) groups excluding carboxylic acids is 1. The first kappa shape index (κ1) is 20.8. The highest BCUT2D eigenvalue weighted by Gasteiger charge is 2.21. The summed E-state index contributed by atoms with van der Waals surface area (Å²) in [7, 11) is 1.64. The Morgan fingerprint density at radius 2 is 2.09 bits per heavy atom. The number of hydrogen-bond acceptors (Lipinski definition) is 5. The second-order valence-corrected chi connectivity index (χ2v) is 9.68. The predicted molar refractivity (Wildman–Crippen MR) is 127 cm³/mol. The number of fused-ring (bicyclic) bond motifs is 3. The highest BCUT2D eigenvalue weighted by atomic mass is 32.1. The van der Waals surface area contributed by atoms with E-state index in [1.54, 1.807) is 24.6 Å². The minimum atomic E-state index is -0.243. The van der Waals surface area contributed by atoms with Crippen LogP contribution < -0.4 is 15.6 Å². The maximum absolute atomic E-state index is 13.5. The van der Waals surface area contributed by atoms with E-state index in [9.17, 15) is 9.59 Å². The Hall–Kier alpha value is -3.13. The summed E-state index contributed by atoms with van der Waals surface area (Å²) in [6, 6.07) is 10.2. The molecule has 32 heavy (non-hydrogen) atoms. The molecule has 1 saturated carbocycles. The number of ether oxygens (including phenoxy) is 1. The van der Waals surface area contributed by atoms with Gasteiger partial charge in [0.1, 0.15) is 17.8 Å². The van der Waals surface area contributed by atoms with Crippen LogP contribution in [0.15, 0.2) is 41.3 Å². The van der Waals surface area contributed by atoms with E-state index in [-0.39, 0.29) is 24.1 Å². The van der Waals surface area contributed by atoms with Crippen molar-refractivity contribution in [3.8, 4) is 5.75 Å². The van der Waals surface area contributed by atoms with Gasteiger partial charge < -0.3 is 14.6 Å². The van der Waals surface area contributed by atoms with Crippen LogP contribution in [0.2, 0.25) is 0 Å². The molecule has 0 atom stereocenters. The van der Waals surface area contributed by atoms with E-state index in [1.165, 1.54) is 9.56 Å². The standard InChI is InChI=1S/C24H26N4O3S/c1-15-10-20-23(32-15)19-12-25-28(14-21(29)26-17-7-3-4-8-17)24(30)22(19)27(20)13-16-6-5-9-18(11-16)31-2/h5-6,9-12,17H,3-4,7-8,13-14H2,1-2H3,(H,26,29). The van der Waals surface area contributed by atoms with Crippen LogP contribution in [0.25, 0.3) is 21.1 Å². The summed E-state index contributed by atoms with van der Waals surface area (Å²) in [5, 5.41) is 8.22. The SMILES string of the molecule is COc1cccc(Cn2c3cc(C)sc3c3cnn(CC(=O)NC4CCCC4)c(=O)c32)c1. The Balaban J connectivity index is 1.56. The van der Waals surface area contributed by atoms with E-state index in [1.807, 2.05) is 28.8 Å². The molecule has 3 heterocycles. The van der Waals surface area contributed by atoms with Crippen LogP contribution >= 0.6 is 11.3 Å². The Labute approximate surface area is 189 Å². The van der Waals surface area contributed by atoms with Crippen molar-refractivity contribution in [1.29, 1.82) is 0 Å². The minimum Gasteiger partial charge on any atom is -0.497 e. The van der Waals surface area contributed by atoms with Crippen molar-refractivity contribution < 1.29 is 9.53 Å². The Bertz CT molecular complexity index is 1360. The summed E-state index contributed by atoms with van der Waals surface area (Å²) >= 11 is 1.66. The van der Waals surface area contributed by atoms with Gasteiger partial charge in [0.05, 0.1) is 23.5 Å². The van der Waals surface area contributed by atoms with Crippen molar-refractivity contribution in [2.24, 2.45) is 0 Å². The molecule has 0 radical (unpaired) electrons. The van der Waals surface area contributed by atoms with Gasteiger partial charge in [0, 0.05) is 22.8 Å². The monoisotopic (exact) mass is 450 g/mol. The summed E-state index contributed by atoms with van der Waals surface area (Å²) in [6.45, 7) is 2.53. The molecule has 166 valence electrons. The van der Waals surface area contributed by atoms with E-state index >= 15 is 0 Å². The second-order valence-electron chi connectivity index (χ2n) is 8.43. The molecule has 1 aliphatic rings. The number of rotatable bonds is 6. The third kappa shape index (κ3) is 3.79. The molecule has 1 amide bonds. The smallest absolute Gasteiger partial charge is 0.291 e. The zero-order valence-corrected chi connectivity index (χ0v) is 19.1. The Morgan fingerprint density at radius 3 is 2.88 bits per heavy atom. The number of benzene rings is 1. The van der Waals surface area contributed by atoms with E-state index < -0.39 is 0 Å². The summed E-state index contributed by atoms with van der Waals surface area (Å²) in [6.07, 6.45) is 6.02. The molecule has 1 aromatic carbocycles. The van der Waals surface area contributed by atoms with Gasteiger partial charge in [0.25, 0.3) is 5.56 Å². The second kappa shape index (κ2) is 8.43. The lowest BCUT2D eigenvalue weighted by Gasteiger charge is -2.13. The Kier molecular flexibility index (Phi) is 5.46. The average molecular weight is 451 g/mol. The molecule has 4 aromatic rings. The molecule has 5 rings (SSSR count). The van der Waals surface area contributed by atoms with Gasteiger partial charge in [0.2, 0.25) is 5.91 Å². The maximum Gasteiger partial charge on any atom is 0.291 e. The summed E-state index contributed by atoms with van der Waals surface area (Å²) in [4.78, 5) is 27.2. The first-order valence-electron chi connectivity index (χ1n) is 10.9. The molecule has 1 aliphatic carbocycles.